The largest absolute Gasteiger partial charge is 0.393 e. The first-order chi connectivity index (χ1) is 16.1. The van der Waals surface area contributed by atoms with E-state index in [1.165, 1.54) is 16.6 Å². The molecule has 1 fully saturated rings. The van der Waals surface area contributed by atoms with Gasteiger partial charge >= 0.3 is 0 Å². The summed E-state index contributed by atoms with van der Waals surface area (Å²) in [6.07, 6.45) is 4.32. The average Bonchev–Trinajstić information content (AvgIpc) is 3.24. The highest BCUT2D eigenvalue weighted by atomic mass is 32.2. The van der Waals surface area contributed by atoms with Crippen LogP contribution in [-0.4, -0.2) is 48.5 Å². The van der Waals surface area contributed by atoms with Crippen LogP contribution in [0.1, 0.15) is 38.4 Å². The summed E-state index contributed by atoms with van der Waals surface area (Å²) in [5, 5.41) is 16.5. The first kappa shape index (κ1) is 23.4. The number of fused-ring (bicyclic) bond motifs is 2. The maximum Gasteiger partial charge on any atom is 0.256 e. The maximum absolute atomic E-state index is 12.1. The summed E-state index contributed by atoms with van der Waals surface area (Å²) in [7, 11) is 1.94. The topological polar surface area (TPSA) is 94.6 Å². The van der Waals surface area contributed by atoms with Gasteiger partial charge in [0.2, 0.25) is 0 Å². The van der Waals surface area contributed by atoms with Gasteiger partial charge in [0.25, 0.3) is 5.91 Å². The van der Waals surface area contributed by atoms with E-state index in [1.54, 1.807) is 29.5 Å². The predicted octanol–water partition coefficient (Wildman–Crippen LogP) is 4.04. The van der Waals surface area contributed by atoms with Crippen LogP contribution in [0.3, 0.4) is 0 Å². The van der Waals surface area contributed by atoms with Gasteiger partial charge < -0.3 is 20.6 Å². The number of anilines is 2. The van der Waals surface area contributed by atoms with E-state index in [1.807, 2.05) is 37.5 Å². The molecule has 0 atom stereocenters. The standard InChI is InChI=1S/C14H9NO2S.C10H17N3OS/c16-8-9-5-6-13-11(7-9)15-14(17)10-3-1-2-4-12(10)18-13;1-11-6-9-7-12-10(15-9)13-4-2-8(14)3-5-13/h1-8H,(H,15,17);7-8,11,14H,2-6H2,1H3. The monoisotopic (exact) mass is 482 g/mol. The molecule has 2 aromatic carbocycles. The first-order valence-corrected chi connectivity index (χ1v) is 12.4. The van der Waals surface area contributed by atoms with Crippen molar-refractivity contribution in [3.05, 3.63) is 64.7 Å². The average molecular weight is 483 g/mol. The fourth-order valence-electron chi connectivity index (χ4n) is 3.62. The zero-order valence-electron chi connectivity index (χ0n) is 18.3. The van der Waals surface area contributed by atoms with E-state index in [9.17, 15) is 14.7 Å². The van der Waals surface area contributed by atoms with Crippen molar-refractivity contribution in [1.29, 1.82) is 0 Å². The van der Waals surface area contributed by atoms with E-state index in [4.69, 9.17) is 0 Å². The van der Waals surface area contributed by atoms with Gasteiger partial charge in [-0.25, -0.2) is 4.98 Å². The number of amides is 1. The van der Waals surface area contributed by atoms with Crippen LogP contribution >= 0.6 is 23.1 Å². The molecule has 5 rings (SSSR count). The molecule has 1 saturated heterocycles. The van der Waals surface area contributed by atoms with Gasteiger partial charge in [0.15, 0.2) is 5.13 Å². The van der Waals surface area contributed by atoms with Crippen LogP contribution in [0.2, 0.25) is 0 Å². The molecular weight excluding hydrogens is 456 g/mol. The molecule has 7 nitrogen and oxygen atoms in total. The molecule has 0 spiro atoms. The number of aldehydes is 1. The minimum absolute atomic E-state index is 0.113. The summed E-state index contributed by atoms with van der Waals surface area (Å²) >= 11 is 3.26. The second-order valence-corrected chi connectivity index (χ2v) is 9.96. The fraction of sp³-hybridized carbons (Fsp3) is 0.292. The lowest BCUT2D eigenvalue weighted by molar-refractivity contribution is 0.102. The van der Waals surface area contributed by atoms with Crippen molar-refractivity contribution in [3.8, 4) is 0 Å². The lowest BCUT2D eigenvalue weighted by atomic mass is 10.1. The molecule has 2 aliphatic rings. The Labute approximate surface area is 201 Å². The van der Waals surface area contributed by atoms with Gasteiger partial charge in [-0.3, -0.25) is 9.59 Å². The predicted molar refractivity (Wildman–Crippen MR) is 133 cm³/mol. The fourth-order valence-corrected chi connectivity index (χ4v) is 5.60. The summed E-state index contributed by atoms with van der Waals surface area (Å²) in [6, 6.07) is 12.8. The van der Waals surface area contributed by atoms with E-state index in [0.29, 0.717) is 16.8 Å². The van der Waals surface area contributed by atoms with Crippen molar-refractivity contribution >= 4 is 46.1 Å². The third-order valence-electron chi connectivity index (χ3n) is 5.37. The highest BCUT2D eigenvalue weighted by molar-refractivity contribution is 7.99. The van der Waals surface area contributed by atoms with E-state index in [-0.39, 0.29) is 12.0 Å². The molecule has 3 heterocycles. The minimum Gasteiger partial charge on any atom is -0.393 e. The molecule has 33 heavy (non-hydrogen) atoms. The van der Waals surface area contributed by atoms with Gasteiger partial charge in [0.1, 0.15) is 6.29 Å². The summed E-state index contributed by atoms with van der Waals surface area (Å²) in [6.45, 7) is 2.73. The Balaban J connectivity index is 0.000000160. The van der Waals surface area contributed by atoms with Crippen LogP contribution < -0.4 is 15.5 Å². The Morgan fingerprint density at radius 3 is 2.76 bits per heavy atom. The normalized spacial score (nSPS) is 15.5. The van der Waals surface area contributed by atoms with E-state index in [2.05, 4.69) is 20.5 Å². The Morgan fingerprint density at radius 2 is 2.00 bits per heavy atom. The molecule has 3 N–H and O–H groups in total. The number of carbonyl (C=O) groups is 2. The molecule has 3 aromatic rings. The van der Waals surface area contributed by atoms with Crippen molar-refractivity contribution in [2.24, 2.45) is 0 Å². The SMILES string of the molecule is CNCc1cnc(N2CCC(O)CC2)s1.O=Cc1ccc2c(c1)NC(=O)c1ccccc1S2. The summed E-state index contributed by atoms with van der Waals surface area (Å²) < 4.78 is 0. The van der Waals surface area contributed by atoms with Gasteiger partial charge in [-0.15, -0.1) is 11.3 Å². The molecule has 172 valence electrons. The highest BCUT2D eigenvalue weighted by Crippen LogP contribution is 2.38. The third kappa shape index (κ3) is 5.80. The lowest BCUT2D eigenvalue weighted by Crippen LogP contribution is -2.35. The van der Waals surface area contributed by atoms with Crippen molar-refractivity contribution in [1.82, 2.24) is 10.3 Å². The smallest absolute Gasteiger partial charge is 0.256 e. The molecule has 0 unspecified atom stereocenters. The Kier molecular flexibility index (Phi) is 7.77. The molecule has 9 heteroatoms. The Morgan fingerprint density at radius 1 is 1.21 bits per heavy atom. The van der Waals surface area contributed by atoms with Gasteiger partial charge in [0, 0.05) is 46.1 Å². The molecule has 0 bridgehead atoms. The van der Waals surface area contributed by atoms with Crippen LogP contribution in [0.4, 0.5) is 10.8 Å². The van der Waals surface area contributed by atoms with Gasteiger partial charge in [0.05, 0.1) is 17.4 Å². The Hall–Kier alpha value is -2.72. The van der Waals surface area contributed by atoms with Gasteiger partial charge in [-0.05, 0) is 44.2 Å². The van der Waals surface area contributed by atoms with Crippen molar-refractivity contribution < 1.29 is 14.7 Å². The van der Waals surface area contributed by atoms with Crippen molar-refractivity contribution in [2.45, 2.75) is 35.3 Å². The zero-order chi connectivity index (χ0) is 23.2. The molecule has 0 radical (unpaired) electrons. The molecule has 2 aliphatic heterocycles. The lowest BCUT2D eigenvalue weighted by Gasteiger charge is -2.29. The van der Waals surface area contributed by atoms with Crippen molar-refractivity contribution in [3.63, 3.8) is 0 Å². The number of hydrogen-bond donors (Lipinski definition) is 3. The van der Waals surface area contributed by atoms with E-state index in [0.717, 1.165) is 53.7 Å². The van der Waals surface area contributed by atoms with Crippen LogP contribution in [-0.2, 0) is 6.54 Å². The summed E-state index contributed by atoms with van der Waals surface area (Å²) in [5.41, 5.74) is 1.90. The van der Waals surface area contributed by atoms with Crippen LogP contribution in [0.25, 0.3) is 0 Å². The quantitative estimate of drug-likeness (QED) is 0.483. The van der Waals surface area contributed by atoms with Crippen LogP contribution in [0.15, 0.2) is 58.5 Å². The summed E-state index contributed by atoms with van der Waals surface area (Å²) in [4.78, 5) is 32.6. The van der Waals surface area contributed by atoms with Crippen molar-refractivity contribution in [2.75, 3.05) is 30.4 Å². The molecule has 1 amide bonds. The van der Waals surface area contributed by atoms with Crippen LogP contribution in [0, 0.1) is 0 Å². The first-order valence-electron chi connectivity index (χ1n) is 10.8. The van der Waals surface area contributed by atoms with E-state index >= 15 is 0 Å². The minimum atomic E-state index is -0.139. The molecule has 0 saturated carbocycles. The number of piperidine rings is 1. The number of aromatic nitrogens is 1. The summed E-state index contributed by atoms with van der Waals surface area (Å²) in [5.74, 6) is -0.139. The maximum atomic E-state index is 12.1. The third-order valence-corrected chi connectivity index (χ3v) is 7.58. The van der Waals surface area contributed by atoms with Crippen LogP contribution in [0.5, 0.6) is 0 Å². The second kappa shape index (κ2) is 10.9. The van der Waals surface area contributed by atoms with Gasteiger partial charge in [-0.2, -0.15) is 0 Å². The molecule has 1 aromatic heterocycles. The van der Waals surface area contributed by atoms with E-state index < -0.39 is 0 Å². The van der Waals surface area contributed by atoms with Gasteiger partial charge in [-0.1, -0.05) is 30.0 Å². The zero-order valence-corrected chi connectivity index (χ0v) is 19.9. The number of nitrogens with one attached hydrogen (secondary N) is 2. The molecular formula is C24H26N4O3S2. The number of hydrogen-bond acceptors (Lipinski definition) is 8. The number of aliphatic hydroxyl groups excluding tert-OH is 1. The number of benzene rings is 2. The number of carbonyl (C=O) groups excluding carboxylic acids is 2. The highest BCUT2D eigenvalue weighted by Gasteiger charge is 2.20. The number of thiazole rings is 1. The number of rotatable bonds is 4. The second-order valence-electron chi connectivity index (χ2n) is 7.78. The Bertz CT molecular complexity index is 1130. The number of aliphatic hydroxyl groups is 1. The molecule has 0 aliphatic carbocycles. The number of nitrogens with zero attached hydrogens (tertiary/aromatic N) is 2.